The second kappa shape index (κ2) is 3.18. The summed E-state index contributed by atoms with van der Waals surface area (Å²) in [5.41, 5.74) is 0. The Morgan fingerprint density at radius 3 is 2.83 bits per heavy atom. The molecular weight excluding hydrogens is 194 g/mol. The summed E-state index contributed by atoms with van der Waals surface area (Å²) < 4.78 is 8.04. The zero-order valence-corrected chi connectivity index (χ0v) is 8.40. The molecule has 0 bridgehead atoms. The molecule has 0 radical (unpaired) electrons. The number of hydrogen-bond acceptors (Lipinski definition) is 4. The van der Waals surface area contributed by atoms with Crippen LogP contribution in [-0.4, -0.2) is 22.3 Å². The molecule has 2 rings (SSSR count). The highest BCUT2D eigenvalue weighted by atomic mass is 35.5. The molecule has 0 aromatic carbocycles. The fourth-order valence-corrected chi connectivity index (χ4v) is 2.00. The Morgan fingerprint density at radius 1 is 1.58 bits per heavy atom. The number of hydrogen-bond donors (Lipinski definition) is 0. The SMILES string of the molecule is CN(CC1CC1)c1nsnc1Cl. The molecule has 66 valence electrons. The predicted octanol–water partition coefficient (Wildman–Crippen LogP) is 2.04. The lowest BCUT2D eigenvalue weighted by atomic mass is 10.4. The number of anilines is 1. The van der Waals surface area contributed by atoms with Crippen LogP contribution in [0.3, 0.4) is 0 Å². The lowest BCUT2D eigenvalue weighted by Gasteiger charge is -2.14. The van der Waals surface area contributed by atoms with E-state index in [2.05, 4.69) is 13.6 Å². The van der Waals surface area contributed by atoms with E-state index in [1.165, 1.54) is 24.6 Å². The van der Waals surface area contributed by atoms with E-state index in [9.17, 15) is 0 Å². The van der Waals surface area contributed by atoms with E-state index in [1.54, 1.807) is 0 Å². The summed E-state index contributed by atoms with van der Waals surface area (Å²) in [6.07, 6.45) is 2.69. The van der Waals surface area contributed by atoms with Crippen LogP contribution in [0.5, 0.6) is 0 Å². The molecule has 0 unspecified atom stereocenters. The molecule has 0 N–H and O–H groups in total. The quantitative estimate of drug-likeness (QED) is 0.753. The standard InChI is InChI=1S/C7H10ClN3S/c1-11(4-5-2-3-5)7-6(8)9-12-10-7/h5H,2-4H2,1H3. The van der Waals surface area contributed by atoms with Crippen LogP contribution in [0.1, 0.15) is 12.8 Å². The van der Waals surface area contributed by atoms with Crippen molar-refractivity contribution in [3.63, 3.8) is 0 Å². The van der Waals surface area contributed by atoms with Crippen molar-refractivity contribution >= 4 is 29.1 Å². The summed E-state index contributed by atoms with van der Waals surface area (Å²) in [5.74, 6) is 1.68. The van der Waals surface area contributed by atoms with Crippen molar-refractivity contribution < 1.29 is 0 Å². The van der Waals surface area contributed by atoms with E-state index in [0.29, 0.717) is 5.15 Å². The molecule has 1 fully saturated rings. The molecule has 0 atom stereocenters. The summed E-state index contributed by atoms with van der Waals surface area (Å²) >= 11 is 7.00. The first-order valence-electron chi connectivity index (χ1n) is 3.96. The van der Waals surface area contributed by atoms with E-state index in [4.69, 9.17) is 11.6 Å². The number of aromatic nitrogens is 2. The number of halogens is 1. The Bertz CT molecular complexity index is 271. The van der Waals surface area contributed by atoms with E-state index < -0.39 is 0 Å². The maximum Gasteiger partial charge on any atom is 0.187 e. The maximum atomic E-state index is 5.83. The minimum absolute atomic E-state index is 0.531. The molecule has 1 aliphatic rings. The average molecular weight is 204 g/mol. The molecule has 3 nitrogen and oxygen atoms in total. The average Bonchev–Trinajstić information content (AvgIpc) is 2.72. The molecule has 0 spiro atoms. The molecule has 5 heteroatoms. The summed E-state index contributed by atoms with van der Waals surface area (Å²) in [5, 5.41) is 0.531. The van der Waals surface area contributed by atoms with Crippen molar-refractivity contribution in [2.24, 2.45) is 5.92 Å². The fraction of sp³-hybridized carbons (Fsp3) is 0.714. The van der Waals surface area contributed by atoms with Gasteiger partial charge in [0.25, 0.3) is 0 Å². The van der Waals surface area contributed by atoms with Crippen molar-refractivity contribution in [3.05, 3.63) is 5.15 Å². The highest BCUT2D eigenvalue weighted by molar-refractivity contribution is 6.99. The van der Waals surface area contributed by atoms with Gasteiger partial charge in [-0.05, 0) is 18.8 Å². The molecule has 0 amide bonds. The third-order valence-corrected chi connectivity index (χ3v) is 2.90. The van der Waals surface area contributed by atoms with Gasteiger partial charge in [0.15, 0.2) is 11.0 Å². The third kappa shape index (κ3) is 1.69. The summed E-state index contributed by atoms with van der Waals surface area (Å²) in [6.45, 7) is 1.06. The lowest BCUT2D eigenvalue weighted by Crippen LogP contribution is -2.20. The topological polar surface area (TPSA) is 29.0 Å². The largest absolute Gasteiger partial charge is 0.356 e. The van der Waals surface area contributed by atoms with Crippen molar-refractivity contribution in [2.75, 3.05) is 18.5 Å². The number of nitrogens with zero attached hydrogens (tertiary/aromatic N) is 3. The van der Waals surface area contributed by atoms with Gasteiger partial charge >= 0.3 is 0 Å². The Balaban J connectivity index is 2.02. The van der Waals surface area contributed by atoms with Gasteiger partial charge in [-0.3, -0.25) is 0 Å². The molecule has 1 heterocycles. The van der Waals surface area contributed by atoms with Crippen LogP contribution < -0.4 is 4.90 Å². The fourth-order valence-electron chi connectivity index (χ4n) is 1.17. The van der Waals surface area contributed by atoms with Gasteiger partial charge in [-0.15, -0.1) is 0 Å². The Kier molecular flexibility index (Phi) is 2.19. The maximum absolute atomic E-state index is 5.83. The Hall–Kier alpha value is -0.350. The van der Waals surface area contributed by atoms with Crippen LogP contribution in [-0.2, 0) is 0 Å². The van der Waals surface area contributed by atoms with Crippen LogP contribution in [0.15, 0.2) is 0 Å². The van der Waals surface area contributed by atoms with Crippen LogP contribution in [0, 0.1) is 5.92 Å². The normalized spacial score (nSPS) is 16.5. The van der Waals surface area contributed by atoms with Gasteiger partial charge in [0, 0.05) is 13.6 Å². The molecule has 0 saturated heterocycles. The molecule has 0 aliphatic heterocycles. The van der Waals surface area contributed by atoms with E-state index in [1.807, 2.05) is 7.05 Å². The predicted molar refractivity (Wildman–Crippen MR) is 50.9 cm³/mol. The van der Waals surface area contributed by atoms with Gasteiger partial charge in [0.05, 0.1) is 11.7 Å². The van der Waals surface area contributed by atoms with Gasteiger partial charge in [0.2, 0.25) is 0 Å². The summed E-state index contributed by atoms with van der Waals surface area (Å²) in [6, 6.07) is 0. The first-order chi connectivity index (χ1) is 5.77. The zero-order chi connectivity index (χ0) is 8.55. The second-order valence-corrected chi connectivity index (χ2v) is 4.09. The molecule has 12 heavy (non-hydrogen) atoms. The molecule has 1 saturated carbocycles. The van der Waals surface area contributed by atoms with Crippen LogP contribution in [0.2, 0.25) is 5.15 Å². The molecular formula is C7H10ClN3S. The first-order valence-corrected chi connectivity index (χ1v) is 5.07. The zero-order valence-electron chi connectivity index (χ0n) is 6.83. The number of rotatable bonds is 3. The van der Waals surface area contributed by atoms with E-state index >= 15 is 0 Å². The lowest BCUT2D eigenvalue weighted by molar-refractivity contribution is 0.781. The highest BCUT2D eigenvalue weighted by Gasteiger charge is 2.24. The highest BCUT2D eigenvalue weighted by Crippen LogP contribution is 2.32. The van der Waals surface area contributed by atoms with Crippen molar-refractivity contribution in [2.45, 2.75) is 12.8 Å². The molecule has 1 aromatic rings. The Labute approximate surface area is 80.7 Å². The van der Waals surface area contributed by atoms with E-state index in [0.717, 1.165) is 18.3 Å². The summed E-state index contributed by atoms with van der Waals surface area (Å²) in [4.78, 5) is 2.09. The molecule has 1 aromatic heterocycles. The minimum Gasteiger partial charge on any atom is -0.356 e. The first kappa shape index (κ1) is 8.26. The smallest absolute Gasteiger partial charge is 0.187 e. The minimum atomic E-state index is 0.531. The van der Waals surface area contributed by atoms with Crippen molar-refractivity contribution in [3.8, 4) is 0 Å². The van der Waals surface area contributed by atoms with Crippen LogP contribution in [0.25, 0.3) is 0 Å². The molecule has 1 aliphatic carbocycles. The van der Waals surface area contributed by atoms with Crippen molar-refractivity contribution in [1.82, 2.24) is 8.75 Å². The van der Waals surface area contributed by atoms with Gasteiger partial charge in [-0.25, -0.2) is 0 Å². The Morgan fingerprint density at radius 2 is 2.33 bits per heavy atom. The van der Waals surface area contributed by atoms with Gasteiger partial charge in [0.1, 0.15) is 0 Å². The van der Waals surface area contributed by atoms with Gasteiger partial charge in [-0.2, -0.15) is 8.75 Å². The third-order valence-electron chi connectivity index (χ3n) is 2.02. The van der Waals surface area contributed by atoms with E-state index in [-0.39, 0.29) is 0 Å². The van der Waals surface area contributed by atoms with Gasteiger partial charge < -0.3 is 4.90 Å². The van der Waals surface area contributed by atoms with Crippen LogP contribution in [0.4, 0.5) is 5.82 Å². The monoisotopic (exact) mass is 203 g/mol. The van der Waals surface area contributed by atoms with Crippen molar-refractivity contribution in [1.29, 1.82) is 0 Å². The van der Waals surface area contributed by atoms with Gasteiger partial charge in [-0.1, -0.05) is 11.6 Å². The van der Waals surface area contributed by atoms with Crippen LogP contribution >= 0.6 is 23.3 Å². The summed E-state index contributed by atoms with van der Waals surface area (Å²) in [7, 11) is 2.01. The second-order valence-electron chi connectivity index (χ2n) is 3.20.